The van der Waals surface area contributed by atoms with Gasteiger partial charge in [0.05, 0.1) is 17.6 Å². The zero-order valence-corrected chi connectivity index (χ0v) is 20.6. The first-order chi connectivity index (χ1) is 17.2. The SMILES string of the molecule is Cc1ccc(C)c(N2CCN(C(c3ccc4ncccc4c3)c3nnnn3C3CCCC3)CC2)c1. The van der Waals surface area contributed by atoms with Gasteiger partial charge in [0.15, 0.2) is 5.82 Å². The molecule has 7 nitrogen and oxygen atoms in total. The van der Waals surface area contributed by atoms with E-state index < -0.39 is 0 Å². The number of aromatic nitrogens is 5. The number of hydrogen-bond acceptors (Lipinski definition) is 6. The number of rotatable bonds is 5. The minimum Gasteiger partial charge on any atom is -0.369 e. The lowest BCUT2D eigenvalue weighted by Gasteiger charge is -2.40. The van der Waals surface area contributed by atoms with Crippen molar-refractivity contribution in [1.82, 2.24) is 30.1 Å². The second kappa shape index (κ2) is 9.38. The maximum atomic E-state index is 4.63. The number of benzene rings is 2. The third-order valence-corrected chi connectivity index (χ3v) is 7.76. The van der Waals surface area contributed by atoms with Gasteiger partial charge < -0.3 is 4.90 Å². The molecule has 1 aliphatic carbocycles. The van der Waals surface area contributed by atoms with Gasteiger partial charge in [-0.3, -0.25) is 9.88 Å². The van der Waals surface area contributed by atoms with E-state index in [4.69, 9.17) is 0 Å². The van der Waals surface area contributed by atoms with Crippen LogP contribution in [0.3, 0.4) is 0 Å². The van der Waals surface area contributed by atoms with Crippen molar-refractivity contribution in [3.05, 3.63) is 77.2 Å². The fourth-order valence-electron chi connectivity index (χ4n) is 5.86. The summed E-state index contributed by atoms with van der Waals surface area (Å²) in [6.07, 6.45) is 6.68. The molecule has 0 amide bonds. The first-order valence-electron chi connectivity index (χ1n) is 12.9. The molecule has 0 radical (unpaired) electrons. The van der Waals surface area contributed by atoms with E-state index in [0.29, 0.717) is 6.04 Å². The molecule has 6 rings (SSSR count). The van der Waals surface area contributed by atoms with Crippen molar-refractivity contribution < 1.29 is 0 Å². The van der Waals surface area contributed by atoms with Gasteiger partial charge in [0.1, 0.15) is 0 Å². The minimum absolute atomic E-state index is 0.0240. The maximum Gasteiger partial charge on any atom is 0.173 e. The number of fused-ring (bicyclic) bond motifs is 1. The molecular formula is C28H33N7. The Hall–Kier alpha value is -3.32. The van der Waals surface area contributed by atoms with Crippen molar-refractivity contribution in [2.24, 2.45) is 0 Å². The summed E-state index contributed by atoms with van der Waals surface area (Å²) in [4.78, 5) is 9.62. The van der Waals surface area contributed by atoms with Gasteiger partial charge in [0.25, 0.3) is 0 Å². The number of anilines is 1. The predicted octanol–water partition coefficient (Wildman–Crippen LogP) is 4.86. The largest absolute Gasteiger partial charge is 0.369 e. The molecule has 1 atom stereocenters. The molecule has 35 heavy (non-hydrogen) atoms. The summed E-state index contributed by atoms with van der Waals surface area (Å²) in [5.41, 5.74) is 6.26. The standard InChI is InChI=1S/C28H33N7/c1-20-9-10-21(2)26(18-20)33-14-16-34(17-15-33)27(23-11-12-25-22(19-23)6-5-13-29-25)28-30-31-32-35(28)24-7-3-4-8-24/h5-6,9-13,18-19,24,27H,3-4,7-8,14-17H2,1-2H3. The highest BCUT2D eigenvalue weighted by atomic mass is 15.6. The molecule has 1 saturated carbocycles. The summed E-state index contributed by atoms with van der Waals surface area (Å²) in [5, 5.41) is 14.4. The van der Waals surface area contributed by atoms with Crippen LogP contribution in [0, 0.1) is 13.8 Å². The summed E-state index contributed by atoms with van der Waals surface area (Å²) in [6, 6.07) is 17.9. The molecule has 1 saturated heterocycles. The van der Waals surface area contributed by atoms with Crippen LogP contribution in [0.15, 0.2) is 54.7 Å². The number of tetrazole rings is 1. The molecule has 3 heterocycles. The Morgan fingerprint density at radius 2 is 1.74 bits per heavy atom. The third kappa shape index (κ3) is 4.29. The molecule has 1 unspecified atom stereocenters. The van der Waals surface area contributed by atoms with Gasteiger partial charge >= 0.3 is 0 Å². The fourth-order valence-corrected chi connectivity index (χ4v) is 5.86. The first-order valence-corrected chi connectivity index (χ1v) is 12.9. The number of hydrogen-bond donors (Lipinski definition) is 0. The van der Waals surface area contributed by atoms with Crippen molar-refractivity contribution in [2.75, 3.05) is 31.1 Å². The van der Waals surface area contributed by atoms with E-state index in [-0.39, 0.29) is 6.04 Å². The van der Waals surface area contributed by atoms with Gasteiger partial charge in [0, 0.05) is 43.4 Å². The number of piperazine rings is 1. The van der Waals surface area contributed by atoms with Gasteiger partial charge in [0.2, 0.25) is 0 Å². The lowest BCUT2D eigenvalue weighted by atomic mass is 10.00. The van der Waals surface area contributed by atoms with Crippen LogP contribution in [0.4, 0.5) is 5.69 Å². The van der Waals surface area contributed by atoms with Crippen LogP contribution in [0.1, 0.15) is 60.3 Å². The number of pyridine rings is 1. The van der Waals surface area contributed by atoms with E-state index in [1.807, 2.05) is 12.3 Å². The Morgan fingerprint density at radius 1 is 0.914 bits per heavy atom. The lowest BCUT2D eigenvalue weighted by molar-refractivity contribution is 0.198. The topological polar surface area (TPSA) is 63.0 Å². The Bertz CT molecular complexity index is 1320. The normalized spacial score (nSPS) is 18.4. The van der Waals surface area contributed by atoms with Gasteiger partial charge in [-0.1, -0.05) is 37.1 Å². The Morgan fingerprint density at radius 3 is 2.57 bits per heavy atom. The quantitative estimate of drug-likeness (QED) is 0.418. The van der Waals surface area contributed by atoms with E-state index in [1.165, 1.54) is 35.2 Å². The number of aryl methyl sites for hydroxylation is 2. The second-order valence-corrected chi connectivity index (χ2v) is 10.1. The van der Waals surface area contributed by atoms with Crippen LogP contribution in [-0.2, 0) is 0 Å². The third-order valence-electron chi connectivity index (χ3n) is 7.76. The molecule has 2 aliphatic rings. The highest BCUT2D eigenvalue weighted by Crippen LogP contribution is 2.35. The molecule has 0 bridgehead atoms. The monoisotopic (exact) mass is 467 g/mol. The number of nitrogens with zero attached hydrogens (tertiary/aromatic N) is 7. The van der Waals surface area contributed by atoms with Gasteiger partial charge in [-0.15, -0.1) is 5.10 Å². The van der Waals surface area contributed by atoms with Crippen LogP contribution < -0.4 is 4.90 Å². The predicted molar refractivity (Wildman–Crippen MR) is 139 cm³/mol. The summed E-state index contributed by atoms with van der Waals surface area (Å²) in [5.74, 6) is 0.973. The van der Waals surface area contributed by atoms with E-state index in [0.717, 1.165) is 55.7 Å². The minimum atomic E-state index is 0.0240. The molecule has 0 spiro atoms. The molecule has 2 fully saturated rings. The first kappa shape index (κ1) is 22.2. The maximum absolute atomic E-state index is 4.63. The summed E-state index contributed by atoms with van der Waals surface area (Å²) in [7, 11) is 0. The van der Waals surface area contributed by atoms with Gasteiger partial charge in [-0.2, -0.15) is 0 Å². The summed E-state index contributed by atoms with van der Waals surface area (Å²) >= 11 is 0. The molecule has 0 N–H and O–H groups in total. The van der Waals surface area contributed by atoms with Crippen LogP contribution in [0.5, 0.6) is 0 Å². The van der Waals surface area contributed by atoms with Crippen molar-refractivity contribution in [3.63, 3.8) is 0 Å². The van der Waals surface area contributed by atoms with E-state index in [9.17, 15) is 0 Å². The van der Waals surface area contributed by atoms with E-state index in [1.54, 1.807) is 0 Å². The van der Waals surface area contributed by atoms with Crippen molar-refractivity contribution in [2.45, 2.75) is 51.6 Å². The van der Waals surface area contributed by atoms with Gasteiger partial charge in [-0.25, -0.2) is 4.68 Å². The lowest BCUT2D eigenvalue weighted by Crippen LogP contribution is -2.48. The smallest absolute Gasteiger partial charge is 0.173 e. The van der Waals surface area contributed by atoms with Crippen LogP contribution >= 0.6 is 0 Å². The molecule has 180 valence electrons. The summed E-state index contributed by atoms with van der Waals surface area (Å²) in [6.45, 7) is 8.28. The highest BCUT2D eigenvalue weighted by Gasteiger charge is 2.33. The molecule has 1 aliphatic heterocycles. The highest BCUT2D eigenvalue weighted by molar-refractivity contribution is 5.79. The average molecular weight is 468 g/mol. The Labute approximate surface area is 206 Å². The molecule has 2 aromatic carbocycles. The molecule has 2 aromatic heterocycles. The fraction of sp³-hybridized carbons (Fsp3) is 0.429. The van der Waals surface area contributed by atoms with Crippen LogP contribution in [-0.4, -0.2) is 56.3 Å². The van der Waals surface area contributed by atoms with Crippen LogP contribution in [0.25, 0.3) is 10.9 Å². The van der Waals surface area contributed by atoms with E-state index >= 15 is 0 Å². The van der Waals surface area contributed by atoms with Crippen molar-refractivity contribution in [1.29, 1.82) is 0 Å². The molecular weight excluding hydrogens is 434 g/mol. The zero-order valence-electron chi connectivity index (χ0n) is 20.6. The molecule has 7 heteroatoms. The summed E-state index contributed by atoms with van der Waals surface area (Å²) < 4.78 is 2.13. The second-order valence-electron chi connectivity index (χ2n) is 10.1. The van der Waals surface area contributed by atoms with E-state index in [2.05, 4.69) is 91.3 Å². The molecule has 4 aromatic rings. The van der Waals surface area contributed by atoms with Crippen molar-refractivity contribution in [3.8, 4) is 0 Å². The van der Waals surface area contributed by atoms with Crippen LogP contribution in [0.2, 0.25) is 0 Å². The van der Waals surface area contributed by atoms with Crippen molar-refractivity contribution >= 4 is 16.6 Å². The Balaban J connectivity index is 1.34. The zero-order chi connectivity index (χ0) is 23.8. The van der Waals surface area contributed by atoms with Gasteiger partial charge in [-0.05, 0) is 78.1 Å². The average Bonchev–Trinajstić information content (AvgIpc) is 3.59. The Kier molecular flexibility index (Phi) is 5.94.